The zero-order chi connectivity index (χ0) is 8.55. The molecule has 2 rings (SSSR count). The van der Waals surface area contributed by atoms with E-state index in [0.29, 0.717) is 6.04 Å². The van der Waals surface area contributed by atoms with Crippen LogP contribution in [0.5, 0.6) is 5.75 Å². The molecule has 0 amide bonds. The lowest BCUT2D eigenvalue weighted by atomic mass is 10.2. The Morgan fingerprint density at radius 1 is 1.33 bits per heavy atom. The topological polar surface area (TPSA) is 12.5 Å². The lowest BCUT2D eigenvalue weighted by molar-refractivity contribution is -0.0705. The van der Waals surface area contributed by atoms with Crippen molar-refractivity contribution in [3.05, 3.63) is 29.8 Å². The SMILES string of the molecule is CC(C)N1Cc2ccccc2O1. The number of para-hydroxylation sites is 1. The van der Waals surface area contributed by atoms with E-state index in [1.807, 2.05) is 23.3 Å². The second-order valence-electron chi connectivity index (χ2n) is 3.37. The number of hydroxylamine groups is 2. The van der Waals surface area contributed by atoms with Gasteiger partial charge in [-0.1, -0.05) is 18.2 Å². The highest BCUT2D eigenvalue weighted by molar-refractivity contribution is 5.35. The molecule has 2 heteroatoms. The monoisotopic (exact) mass is 163 g/mol. The van der Waals surface area contributed by atoms with E-state index in [1.165, 1.54) is 5.56 Å². The fourth-order valence-corrected chi connectivity index (χ4v) is 1.34. The molecule has 2 nitrogen and oxygen atoms in total. The van der Waals surface area contributed by atoms with E-state index in [9.17, 15) is 0 Å². The number of rotatable bonds is 1. The highest BCUT2D eigenvalue weighted by atomic mass is 16.7. The average molecular weight is 163 g/mol. The minimum Gasteiger partial charge on any atom is -0.405 e. The van der Waals surface area contributed by atoms with Gasteiger partial charge in [-0.2, -0.15) is 0 Å². The van der Waals surface area contributed by atoms with Gasteiger partial charge in [0, 0.05) is 11.6 Å². The summed E-state index contributed by atoms with van der Waals surface area (Å²) in [5, 5.41) is 1.99. The first-order valence-electron chi connectivity index (χ1n) is 4.30. The molecule has 0 radical (unpaired) electrons. The van der Waals surface area contributed by atoms with Crippen molar-refractivity contribution >= 4 is 0 Å². The standard InChI is InChI=1S/C10H13NO/c1-8(2)11-7-9-5-3-4-6-10(9)12-11/h3-6,8H,7H2,1-2H3. The van der Waals surface area contributed by atoms with Crippen molar-refractivity contribution in [1.29, 1.82) is 0 Å². The largest absolute Gasteiger partial charge is 0.405 e. The summed E-state index contributed by atoms with van der Waals surface area (Å²) in [6, 6.07) is 8.61. The maximum absolute atomic E-state index is 5.60. The molecular weight excluding hydrogens is 150 g/mol. The predicted molar refractivity (Wildman–Crippen MR) is 47.7 cm³/mol. The Hall–Kier alpha value is -1.02. The van der Waals surface area contributed by atoms with Gasteiger partial charge >= 0.3 is 0 Å². The van der Waals surface area contributed by atoms with Gasteiger partial charge in [0.25, 0.3) is 0 Å². The first-order chi connectivity index (χ1) is 5.77. The summed E-state index contributed by atoms with van der Waals surface area (Å²) in [4.78, 5) is 5.60. The normalized spacial score (nSPS) is 16.2. The minimum atomic E-state index is 0.442. The summed E-state index contributed by atoms with van der Waals surface area (Å²) in [6.45, 7) is 5.17. The van der Waals surface area contributed by atoms with E-state index in [2.05, 4.69) is 19.9 Å². The molecule has 0 unspecified atom stereocenters. The number of fused-ring (bicyclic) bond motifs is 1. The van der Waals surface area contributed by atoms with E-state index in [0.717, 1.165) is 12.3 Å². The van der Waals surface area contributed by atoms with Crippen LogP contribution in [0.1, 0.15) is 19.4 Å². The third kappa shape index (κ3) is 1.18. The average Bonchev–Trinajstić information content (AvgIpc) is 2.46. The zero-order valence-electron chi connectivity index (χ0n) is 7.45. The lowest BCUT2D eigenvalue weighted by Crippen LogP contribution is -2.28. The first-order valence-corrected chi connectivity index (χ1v) is 4.30. The van der Waals surface area contributed by atoms with Gasteiger partial charge in [-0.15, -0.1) is 5.06 Å². The Balaban J connectivity index is 2.22. The van der Waals surface area contributed by atoms with Crippen LogP contribution in [-0.2, 0) is 6.54 Å². The molecular formula is C10H13NO. The quantitative estimate of drug-likeness (QED) is 0.629. The Labute approximate surface area is 72.7 Å². The van der Waals surface area contributed by atoms with Crippen molar-refractivity contribution in [3.8, 4) is 5.75 Å². The maximum Gasteiger partial charge on any atom is 0.152 e. The van der Waals surface area contributed by atoms with Crippen molar-refractivity contribution in [2.45, 2.75) is 26.4 Å². The van der Waals surface area contributed by atoms with Crippen molar-refractivity contribution in [2.75, 3.05) is 0 Å². The molecule has 64 valence electrons. The smallest absolute Gasteiger partial charge is 0.152 e. The summed E-state index contributed by atoms with van der Waals surface area (Å²) in [7, 11) is 0. The van der Waals surface area contributed by atoms with Gasteiger partial charge in [-0.3, -0.25) is 0 Å². The van der Waals surface area contributed by atoms with Crippen LogP contribution in [0.4, 0.5) is 0 Å². The third-order valence-electron chi connectivity index (χ3n) is 2.09. The Morgan fingerprint density at radius 2 is 2.08 bits per heavy atom. The lowest BCUT2D eigenvalue weighted by Gasteiger charge is -2.17. The molecule has 1 aliphatic rings. The summed E-state index contributed by atoms with van der Waals surface area (Å²) in [5.41, 5.74) is 1.28. The van der Waals surface area contributed by atoms with Gasteiger partial charge < -0.3 is 4.84 Å². The van der Waals surface area contributed by atoms with Gasteiger partial charge in [0.05, 0.1) is 6.54 Å². The van der Waals surface area contributed by atoms with Gasteiger partial charge in [0.15, 0.2) is 5.75 Å². The number of hydrogen-bond acceptors (Lipinski definition) is 2. The summed E-state index contributed by atoms with van der Waals surface area (Å²) < 4.78 is 0. The minimum absolute atomic E-state index is 0.442. The van der Waals surface area contributed by atoms with Gasteiger partial charge in [0.1, 0.15) is 0 Å². The maximum atomic E-state index is 5.60. The molecule has 1 aromatic rings. The first kappa shape index (κ1) is 7.62. The highest BCUT2D eigenvalue weighted by Crippen LogP contribution is 2.28. The van der Waals surface area contributed by atoms with Crippen LogP contribution in [0, 0.1) is 0 Å². The molecule has 0 saturated heterocycles. The molecule has 0 aromatic heterocycles. The molecule has 1 heterocycles. The molecule has 0 saturated carbocycles. The van der Waals surface area contributed by atoms with Crippen molar-refractivity contribution in [1.82, 2.24) is 5.06 Å². The van der Waals surface area contributed by atoms with Crippen LogP contribution in [0.25, 0.3) is 0 Å². The Kier molecular flexibility index (Phi) is 1.77. The zero-order valence-corrected chi connectivity index (χ0v) is 7.45. The van der Waals surface area contributed by atoms with Crippen LogP contribution in [0.3, 0.4) is 0 Å². The van der Waals surface area contributed by atoms with Crippen LogP contribution < -0.4 is 4.84 Å². The van der Waals surface area contributed by atoms with Gasteiger partial charge in [0.2, 0.25) is 0 Å². The number of benzene rings is 1. The Bertz CT molecular complexity index is 258. The second kappa shape index (κ2) is 2.79. The summed E-state index contributed by atoms with van der Waals surface area (Å²) >= 11 is 0. The van der Waals surface area contributed by atoms with Crippen molar-refractivity contribution < 1.29 is 4.84 Å². The second-order valence-corrected chi connectivity index (χ2v) is 3.37. The molecule has 0 atom stereocenters. The molecule has 1 aliphatic heterocycles. The molecule has 12 heavy (non-hydrogen) atoms. The van der Waals surface area contributed by atoms with Crippen molar-refractivity contribution in [3.63, 3.8) is 0 Å². The van der Waals surface area contributed by atoms with Crippen LogP contribution >= 0.6 is 0 Å². The fraction of sp³-hybridized carbons (Fsp3) is 0.400. The van der Waals surface area contributed by atoms with Crippen LogP contribution in [-0.4, -0.2) is 11.1 Å². The summed E-state index contributed by atoms with van der Waals surface area (Å²) in [5.74, 6) is 1.01. The van der Waals surface area contributed by atoms with E-state index < -0.39 is 0 Å². The number of hydrogen-bond donors (Lipinski definition) is 0. The third-order valence-corrected chi connectivity index (χ3v) is 2.09. The molecule has 0 N–H and O–H groups in total. The predicted octanol–water partition coefficient (Wildman–Crippen LogP) is 2.20. The molecule has 0 aliphatic carbocycles. The van der Waals surface area contributed by atoms with Crippen LogP contribution in [0.2, 0.25) is 0 Å². The van der Waals surface area contributed by atoms with E-state index in [4.69, 9.17) is 4.84 Å². The molecule has 0 bridgehead atoms. The molecule has 0 fully saturated rings. The van der Waals surface area contributed by atoms with E-state index >= 15 is 0 Å². The number of nitrogens with zero attached hydrogens (tertiary/aromatic N) is 1. The van der Waals surface area contributed by atoms with Crippen LogP contribution in [0.15, 0.2) is 24.3 Å². The highest BCUT2D eigenvalue weighted by Gasteiger charge is 2.21. The van der Waals surface area contributed by atoms with E-state index in [-0.39, 0.29) is 0 Å². The summed E-state index contributed by atoms with van der Waals surface area (Å²) in [6.07, 6.45) is 0. The van der Waals surface area contributed by atoms with E-state index in [1.54, 1.807) is 0 Å². The van der Waals surface area contributed by atoms with Gasteiger partial charge in [-0.05, 0) is 19.9 Å². The van der Waals surface area contributed by atoms with Crippen molar-refractivity contribution in [2.24, 2.45) is 0 Å². The van der Waals surface area contributed by atoms with Gasteiger partial charge in [-0.25, -0.2) is 0 Å². The molecule has 1 aromatic carbocycles. The Morgan fingerprint density at radius 3 is 2.75 bits per heavy atom. The molecule has 0 spiro atoms. The fourth-order valence-electron chi connectivity index (χ4n) is 1.34.